The molecule has 6 heteroatoms. The van der Waals surface area contributed by atoms with Crippen LogP contribution in [-0.4, -0.2) is 39.1 Å². The van der Waals surface area contributed by atoms with E-state index < -0.39 is 11.9 Å². The van der Waals surface area contributed by atoms with Crippen molar-refractivity contribution < 1.29 is 19.0 Å². The molecule has 6 nitrogen and oxygen atoms in total. The molecule has 0 radical (unpaired) electrons. The lowest BCUT2D eigenvalue weighted by Gasteiger charge is -2.08. The number of nitrogens with zero attached hydrogens (tertiary/aromatic N) is 2. The molecule has 0 N–H and O–H groups in total. The van der Waals surface area contributed by atoms with Gasteiger partial charge < -0.3 is 14.2 Å². The maximum absolute atomic E-state index is 11.4. The van der Waals surface area contributed by atoms with Crippen LogP contribution in [0.15, 0.2) is 29.3 Å². The minimum Gasteiger partial charge on any atom is -0.493 e. The Morgan fingerprint density at radius 2 is 2.14 bits per heavy atom. The number of nitriles is 1. The van der Waals surface area contributed by atoms with Crippen molar-refractivity contribution in [1.82, 2.24) is 0 Å². The van der Waals surface area contributed by atoms with Crippen LogP contribution in [-0.2, 0) is 9.53 Å². The molecule has 0 amide bonds. The van der Waals surface area contributed by atoms with Gasteiger partial charge in [-0.15, -0.1) is 0 Å². The van der Waals surface area contributed by atoms with E-state index in [1.54, 1.807) is 26.2 Å². The van der Waals surface area contributed by atoms with Crippen molar-refractivity contribution in [3.63, 3.8) is 0 Å². The second-order valence-corrected chi connectivity index (χ2v) is 3.91. The maximum Gasteiger partial charge on any atom is 0.328 e. The van der Waals surface area contributed by atoms with Gasteiger partial charge in [-0.3, -0.25) is 9.79 Å². The predicted octanol–water partition coefficient (Wildman–Crippen LogP) is 1.85. The highest BCUT2D eigenvalue weighted by atomic mass is 16.5. The van der Waals surface area contributed by atoms with Gasteiger partial charge in [0.2, 0.25) is 0 Å². The Bertz CT molecular complexity index is 523. The van der Waals surface area contributed by atoms with Gasteiger partial charge in [-0.05, 0) is 19.1 Å². The molecule has 0 heterocycles. The predicted molar refractivity (Wildman–Crippen MR) is 77.6 cm³/mol. The fraction of sp³-hybridized carbons (Fsp3) is 0.400. The van der Waals surface area contributed by atoms with E-state index >= 15 is 0 Å². The van der Waals surface area contributed by atoms with Gasteiger partial charge in [-0.2, -0.15) is 5.26 Å². The van der Waals surface area contributed by atoms with E-state index in [0.29, 0.717) is 24.7 Å². The highest BCUT2D eigenvalue weighted by Gasteiger charge is 2.15. The van der Waals surface area contributed by atoms with Gasteiger partial charge >= 0.3 is 5.97 Å². The normalized spacial score (nSPS) is 11.7. The van der Waals surface area contributed by atoms with Crippen molar-refractivity contribution in [3.05, 3.63) is 24.3 Å². The summed E-state index contributed by atoms with van der Waals surface area (Å²) in [6.07, 6.45) is 1.28. The molecular weight excluding hydrogens is 272 g/mol. The number of rotatable bonds is 8. The molecule has 112 valence electrons. The Labute approximate surface area is 124 Å². The summed E-state index contributed by atoms with van der Waals surface area (Å²) in [6.45, 7) is 2.57. The first kappa shape index (κ1) is 16.5. The molecule has 0 aromatic heterocycles. The summed E-state index contributed by atoms with van der Waals surface area (Å²) in [7, 11) is 1.57. The first-order chi connectivity index (χ1) is 10.2. The number of esters is 1. The van der Waals surface area contributed by atoms with Crippen LogP contribution in [0, 0.1) is 17.2 Å². The zero-order valence-electron chi connectivity index (χ0n) is 12.1. The monoisotopic (exact) mass is 290 g/mol. The third kappa shape index (κ3) is 5.53. The van der Waals surface area contributed by atoms with E-state index in [9.17, 15) is 4.79 Å². The SMILES string of the molecule is CCOC(=O)[C@@H](C#N)C=NCCOc1ccccc1OC. The first-order valence-corrected chi connectivity index (χ1v) is 6.55. The van der Waals surface area contributed by atoms with E-state index in [1.807, 2.05) is 18.2 Å². The Kier molecular flexibility index (Phi) is 7.36. The molecule has 0 bridgehead atoms. The number of hydrogen-bond acceptors (Lipinski definition) is 6. The summed E-state index contributed by atoms with van der Waals surface area (Å²) in [5, 5.41) is 8.84. The van der Waals surface area contributed by atoms with Crippen LogP contribution in [0.2, 0.25) is 0 Å². The van der Waals surface area contributed by atoms with Crippen LogP contribution in [0.4, 0.5) is 0 Å². The van der Waals surface area contributed by atoms with E-state index in [0.717, 1.165) is 0 Å². The van der Waals surface area contributed by atoms with E-state index in [-0.39, 0.29) is 6.61 Å². The molecule has 1 aromatic rings. The van der Waals surface area contributed by atoms with Gasteiger partial charge in [0.05, 0.1) is 26.3 Å². The average Bonchev–Trinajstić information content (AvgIpc) is 2.51. The number of carbonyl (C=O) groups excluding carboxylic acids is 1. The van der Waals surface area contributed by atoms with Crippen LogP contribution >= 0.6 is 0 Å². The molecular formula is C15H18N2O4. The van der Waals surface area contributed by atoms with Crippen molar-refractivity contribution in [2.75, 3.05) is 26.9 Å². The molecule has 1 aromatic carbocycles. The second kappa shape index (κ2) is 9.37. The van der Waals surface area contributed by atoms with Gasteiger partial charge in [0.25, 0.3) is 0 Å². The maximum atomic E-state index is 11.4. The summed E-state index contributed by atoms with van der Waals surface area (Å²) in [6, 6.07) is 9.11. The Morgan fingerprint density at radius 3 is 2.76 bits per heavy atom. The summed E-state index contributed by atoms with van der Waals surface area (Å²) in [4.78, 5) is 15.4. The summed E-state index contributed by atoms with van der Waals surface area (Å²) >= 11 is 0. The van der Waals surface area contributed by atoms with Crippen molar-refractivity contribution in [2.24, 2.45) is 10.9 Å². The molecule has 0 aliphatic heterocycles. The van der Waals surface area contributed by atoms with Gasteiger partial charge in [0.15, 0.2) is 17.4 Å². The zero-order valence-corrected chi connectivity index (χ0v) is 12.1. The number of para-hydroxylation sites is 2. The van der Waals surface area contributed by atoms with E-state index in [2.05, 4.69) is 4.99 Å². The Morgan fingerprint density at radius 1 is 1.43 bits per heavy atom. The van der Waals surface area contributed by atoms with Crippen molar-refractivity contribution in [2.45, 2.75) is 6.92 Å². The van der Waals surface area contributed by atoms with Crippen molar-refractivity contribution in [3.8, 4) is 17.6 Å². The highest BCUT2D eigenvalue weighted by molar-refractivity contribution is 5.92. The number of benzene rings is 1. The Hall–Kier alpha value is -2.55. The van der Waals surface area contributed by atoms with Crippen LogP contribution < -0.4 is 9.47 Å². The molecule has 21 heavy (non-hydrogen) atoms. The van der Waals surface area contributed by atoms with Crippen LogP contribution in [0.25, 0.3) is 0 Å². The Balaban J connectivity index is 2.41. The summed E-state index contributed by atoms with van der Waals surface area (Å²) in [5.74, 6) is -0.300. The molecule has 0 aliphatic rings. The zero-order chi connectivity index (χ0) is 15.5. The van der Waals surface area contributed by atoms with Gasteiger partial charge in [0.1, 0.15) is 6.61 Å². The van der Waals surface area contributed by atoms with Gasteiger partial charge in [-0.1, -0.05) is 12.1 Å². The average molecular weight is 290 g/mol. The second-order valence-electron chi connectivity index (χ2n) is 3.91. The highest BCUT2D eigenvalue weighted by Crippen LogP contribution is 2.25. The lowest BCUT2D eigenvalue weighted by molar-refractivity contribution is -0.143. The summed E-state index contributed by atoms with van der Waals surface area (Å²) < 4.78 is 15.4. The van der Waals surface area contributed by atoms with Crippen LogP contribution in [0.1, 0.15) is 6.92 Å². The number of ether oxygens (including phenoxy) is 3. The van der Waals surface area contributed by atoms with Crippen LogP contribution in [0.3, 0.4) is 0 Å². The lowest BCUT2D eigenvalue weighted by atomic mass is 10.2. The number of hydrogen-bond donors (Lipinski definition) is 0. The molecule has 0 aliphatic carbocycles. The van der Waals surface area contributed by atoms with Gasteiger partial charge in [0, 0.05) is 6.21 Å². The number of carbonyl (C=O) groups is 1. The quantitative estimate of drug-likeness (QED) is 0.414. The molecule has 0 saturated heterocycles. The first-order valence-electron chi connectivity index (χ1n) is 6.55. The fourth-order valence-corrected chi connectivity index (χ4v) is 1.51. The minimum atomic E-state index is -0.976. The van der Waals surface area contributed by atoms with Crippen LogP contribution in [0.5, 0.6) is 11.5 Å². The van der Waals surface area contributed by atoms with Gasteiger partial charge in [-0.25, -0.2) is 0 Å². The standard InChI is InChI=1S/C15H18N2O4/c1-3-20-15(18)12(10-16)11-17-8-9-21-14-7-5-4-6-13(14)19-2/h4-7,11-12H,3,8-9H2,1-2H3/t12-/m0/s1. The van der Waals surface area contributed by atoms with E-state index in [4.69, 9.17) is 19.5 Å². The molecule has 1 atom stereocenters. The minimum absolute atomic E-state index is 0.238. The summed E-state index contributed by atoms with van der Waals surface area (Å²) in [5.41, 5.74) is 0. The van der Waals surface area contributed by atoms with E-state index in [1.165, 1.54) is 6.21 Å². The molecule has 0 unspecified atom stereocenters. The smallest absolute Gasteiger partial charge is 0.328 e. The fourth-order valence-electron chi connectivity index (χ4n) is 1.51. The number of aliphatic imine (C=N–C) groups is 1. The largest absolute Gasteiger partial charge is 0.493 e. The lowest BCUT2D eigenvalue weighted by Crippen LogP contribution is -2.17. The third-order valence-electron chi connectivity index (χ3n) is 2.48. The van der Waals surface area contributed by atoms with Crippen molar-refractivity contribution in [1.29, 1.82) is 5.26 Å². The molecule has 0 saturated carbocycles. The molecule has 1 rings (SSSR count). The third-order valence-corrected chi connectivity index (χ3v) is 2.48. The number of methoxy groups -OCH3 is 1. The molecule has 0 fully saturated rings. The topological polar surface area (TPSA) is 80.9 Å². The van der Waals surface area contributed by atoms with Crippen molar-refractivity contribution >= 4 is 12.2 Å². The molecule has 0 spiro atoms.